The van der Waals surface area contributed by atoms with Gasteiger partial charge in [-0.25, -0.2) is 4.99 Å². The SMILES string of the molecule is CC(C)COCCCNC(=NCC(=O)N1CCCC1)Nc1ccc(OC(C)C)cc1. The molecule has 1 fully saturated rings. The van der Waals surface area contributed by atoms with E-state index in [1.165, 1.54) is 0 Å². The first-order valence-electron chi connectivity index (χ1n) is 11.1. The van der Waals surface area contributed by atoms with Gasteiger partial charge in [0.15, 0.2) is 5.96 Å². The molecule has 7 heteroatoms. The molecule has 0 saturated carbocycles. The first kappa shape index (κ1) is 24.0. The van der Waals surface area contributed by atoms with Gasteiger partial charge in [-0.2, -0.15) is 0 Å². The first-order chi connectivity index (χ1) is 14.4. The first-order valence-corrected chi connectivity index (χ1v) is 11.1. The summed E-state index contributed by atoms with van der Waals surface area (Å²) in [5, 5.41) is 6.59. The summed E-state index contributed by atoms with van der Waals surface area (Å²) < 4.78 is 11.3. The van der Waals surface area contributed by atoms with Crippen LogP contribution in [0.5, 0.6) is 5.75 Å². The van der Waals surface area contributed by atoms with Gasteiger partial charge in [-0.05, 0) is 63.3 Å². The van der Waals surface area contributed by atoms with Crippen molar-refractivity contribution in [2.75, 3.05) is 44.7 Å². The molecule has 1 aliphatic heterocycles. The van der Waals surface area contributed by atoms with Gasteiger partial charge in [0.2, 0.25) is 5.91 Å². The van der Waals surface area contributed by atoms with E-state index >= 15 is 0 Å². The van der Waals surface area contributed by atoms with Crippen LogP contribution >= 0.6 is 0 Å². The van der Waals surface area contributed by atoms with Gasteiger partial charge in [0.25, 0.3) is 0 Å². The highest BCUT2D eigenvalue weighted by Crippen LogP contribution is 2.17. The number of anilines is 1. The van der Waals surface area contributed by atoms with E-state index in [1.807, 2.05) is 43.0 Å². The zero-order valence-electron chi connectivity index (χ0n) is 18.9. The van der Waals surface area contributed by atoms with Gasteiger partial charge in [-0.3, -0.25) is 4.79 Å². The standard InChI is InChI=1S/C23H38N4O3/c1-18(2)17-29-15-7-12-24-23(25-16-22(28)27-13-5-6-14-27)26-20-8-10-21(11-9-20)30-19(3)4/h8-11,18-19H,5-7,12-17H2,1-4H3,(H2,24,25,26). The maximum Gasteiger partial charge on any atom is 0.244 e. The van der Waals surface area contributed by atoms with Crippen molar-refractivity contribution in [2.24, 2.45) is 10.9 Å². The number of guanidine groups is 1. The second-order valence-corrected chi connectivity index (χ2v) is 8.32. The number of hydrogen-bond donors (Lipinski definition) is 2. The molecule has 0 unspecified atom stereocenters. The Kier molecular flexibility index (Phi) is 10.5. The summed E-state index contributed by atoms with van der Waals surface area (Å²) >= 11 is 0. The molecule has 0 radical (unpaired) electrons. The minimum Gasteiger partial charge on any atom is -0.491 e. The lowest BCUT2D eigenvalue weighted by Gasteiger charge is -2.16. The van der Waals surface area contributed by atoms with E-state index in [0.29, 0.717) is 18.5 Å². The summed E-state index contributed by atoms with van der Waals surface area (Å²) in [7, 11) is 0. The van der Waals surface area contributed by atoms with Crippen LogP contribution < -0.4 is 15.4 Å². The maximum atomic E-state index is 12.4. The molecular weight excluding hydrogens is 380 g/mol. The topological polar surface area (TPSA) is 75.2 Å². The van der Waals surface area contributed by atoms with E-state index in [1.54, 1.807) is 0 Å². The summed E-state index contributed by atoms with van der Waals surface area (Å²) in [6.45, 7) is 12.3. The molecule has 0 bridgehead atoms. The molecular formula is C23H38N4O3. The van der Waals surface area contributed by atoms with Crippen molar-refractivity contribution in [1.82, 2.24) is 10.2 Å². The lowest BCUT2D eigenvalue weighted by molar-refractivity contribution is -0.128. The zero-order valence-corrected chi connectivity index (χ0v) is 18.9. The van der Waals surface area contributed by atoms with E-state index in [2.05, 4.69) is 29.5 Å². The molecule has 1 aliphatic rings. The average Bonchev–Trinajstić information content (AvgIpc) is 3.24. The van der Waals surface area contributed by atoms with Crippen molar-refractivity contribution in [1.29, 1.82) is 0 Å². The summed E-state index contributed by atoms with van der Waals surface area (Å²) in [4.78, 5) is 18.8. The molecule has 0 atom stereocenters. The Hall–Kier alpha value is -2.28. The second kappa shape index (κ2) is 13.1. The van der Waals surface area contributed by atoms with E-state index in [0.717, 1.165) is 56.9 Å². The summed E-state index contributed by atoms with van der Waals surface area (Å²) in [6, 6.07) is 7.75. The maximum absolute atomic E-state index is 12.4. The second-order valence-electron chi connectivity index (χ2n) is 8.32. The van der Waals surface area contributed by atoms with E-state index in [9.17, 15) is 4.79 Å². The van der Waals surface area contributed by atoms with Crippen LogP contribution in [0.1, 0.15) is 47.0 Å². The van der Waals surface area contributed by atoms with Crippen molar-refractivity contribution >= 4 is 17.6 Å². The van der Waals surface area contributed by atoms with Gasteiger partial charge in [0.05, 0.1) is 6.10 Å². The van der Waals surface area contributed by atoms with Crippen molar-refractivity contribution in [3.63, 3.8) is 0 Å². The van der Waals surface area contributed by atoms with Gasteiger partial charge >= 0.3 is 0 Å². The number of amides is 1. The lowest BCUT2D eigenvalue weighted by atomic mass is 10.2. The smallest absolute Gasteiger partial charge is 0.244 e. The number of carbonyl (C=O) groups excluding carboxylic acids is 1. The predicted molar refractivity (Wildman–Crippen MR) is 122 cm³/mol. The van der Waals surface area contributed by atoms with E-state index in [-0.39, 0.29) is 18.6 Å². The Morgan fingerprint density at radius 2 is 1.83 bits per heavy atom. The molecule has 168 valence electrons. The Morgan fingerprint density at radius 1 is 1.13 bits per heavy atom. The number of ether oxygens (including phenoxy) is 2. The number of hydrogen-bond acceptors (Lipinski definition) is 4. The third-order valence-electron chi connectivity index (χ3n) is 4.53. The summed E-state index contributed by atoms with van der Waals surface area (Å²) in [6.07, 6.45) is 3.17. The quantitative estimate of drug-likeness (QED) is 0.327. The zero-order chi connectivity index (χ0) is 21.8. The fraction of sp³-hybridized carbons (Fsp3) is 0.652. The van der Waals surface area contributed by atoms with Gasteiger partial charge in [0, 0.05) is 38.5 Å². The van der Waals surface area contributed by atoms with Gasteiger partial charge < -0.3 is 25.0 Å². The minimum absolute atomic E-state index is 0.0783. The highest BCUT2D eigenvalue weighted by atomic mass is 16.5. The molecule has 1 saturated heterocycles. The lowest BCUT2D eigenvalue weighted by Crippen LogP contribution is -2.35. The van der Waals surface area contributed by atoms with Crippen LogP contribution in [0.2, 0.25) is 0 Å². The van der Waals surface area contributed by atoms with Crippen LogP contribution in [0, 0.1) is 5.92 Å². The number of nitrogens with one attached hydrogen (secondary N) is 2. The Bertz CT molecular complexity index is 653. The Balaban J connectivity index is 1.90. The van der Waals surface area contributed by atoms with Crippen molar-refractivity contribution in [2.45, 2.75) is 53.1 Å². The number of rotatable bonds is 11. The predicted octanol–water partition coefficient (Wildman–Crippen LogP) is 3.52. The fourth-order valence-electron chi connectivity index (χ4n) is 3.08. The minimum atomic E-state index is 0.0783. The summed E-state index contributed by atoms with van der Waals surface area (Å²) in [5.41, 5.74) is 0.891. The number of likely N-dealkylation sites (tertiary alicyclic amines) is 1. The number of carbonyl (C=O) groups is 1. The van der Waals surface area contributed by atoms with Crippen LogP contribution in [0.25, 0.3) is 0 Å². The normalized spacial score (nSPS) is 14.5. The largest absolute Gasteiger partial charge is 0.491 e. The Labute approximate surface area is 181 Å². The Morgan fingerprint density at radius 3 is 2.47 bits per heavy atom. The van der Waals surface area contributed by atoms with Gasteiger partial charge in [-0.15, -0.1) is 0 Å². The van der Waals surface area contributed by atoms with Crippen molar-refractivity contribution in [3.8, 4) is 5.75 Å². The van der Waals surface area contributed by atoms with Crippen molar-refractivity contribution in [3.05, 3.63) is 24.3 Å². The fourth-order valence-corrected chi connectivity index (χ4v) is 3.08. The monoisotopic (exact) mass is 418 g/mol. The number of nitrogens with zero attached hydrogens (tertiary/aromatic N) is 2. The number of benzene rings is 1. The molecule has 30 heavy (non-hydrogen) atoms. The van der Waals surface area contributed by atoms with E-state index in [4.69, 9.17) is 9.47 Å². The van der Waals surface area contributed by atoms with Crippen LogP contribution in [0.4, 0.5) is 5.69 Å². The molecule has 0 aliphatic carbocycles. The number of aliphatic imine (C=N–C) groups is 1. The molecule has 2 N–H and O–H groups in total. The van der Waals surface area contributed by atoms with Gasteiger partial charge in [-0.1, -0.05) is 13.8 Å². The molecule has 1 aromatic carbocycles. The van der Waals surface area contributed by atoms with Crippen LogP contribution in [0.3, 0.4) is 0 Å². The average molecular weight is 419 g/mol. The molecule has 2 rings (SSSR count). The molecule has 7 nitrogen and oxygen atoms in total. The summed E-state index contributed by atoms with van der Waals surface area (Å²) in [5.74, 6) is 2.04. The van der Waals surface area contributed by atoms with E-state index < -0.39 is 0 Å². The van der Waals surface area contributed by atoms with Crippen molar-refractivity contribution < 1.29 is 14.3 Å². The highest BCUT2D eigenvalue weighted by molar-refractivity contribution is 5.95. The highest BCUT2D eigenvalue weighted by Gasteiger charge is 2.17. The molecule has 1 aromatic rings. The van der Waals surface area contributed by atoms with Crippen LogP contribution in [0.15, 0.2) is 29.3 Å². The van der Waals surface area contributed by atoms with Gasteiger partial charge in [0.1, 0.15) is 12.3 Å². The molecule has 0 aromatic heterocycles. The third kappa shape index (κ3) is 9.48. The third-order valence-corrected chi connectivity index (χ3v) is 4.53. The molecule has 1 heterocycles. The molecule has 1 amide bonds. The molecule has 0 spiro atoms. The van der Waals surface area contributed by atoms with Crippen LogP contribution in [-0.4, -0.2) is 62.3 Å². The van der Waals surface area contributed by atoms with Crippen LogP contribution in [-0.2, 0) is 9.53 Å².